The summed E-state index contributed by atoms with van der Waals surface area (Å²) in [6, 6.07) is 13.2. The van der Waals surface area contributed by atoms with Crippen LogP contribution in [-0.2, 0) is 0 Å². The lowest BCUT2D eigenvalue weighted by molar-refractivity contribution is 0.261. The van der Waals surface area contributed by atoms with Gasteiger partial charge in [0.15, 0.2) is 23.0 Å². The molecule has 13 nitrogen and oxygen atoms in total. The van der Waals surface area contributed by atoms with Crippen LogP contribution in [0.1, 0.15) is 11.1 Å². The van der Waals surface area contributed by atoms with Crippen molar-refractivity contribution in [1.29, 1.82) is 0 Å². The molecule has 0 saturated carbocycles. The third-order valence-corrected chi connectivity index (χ3v) is 7.68. The number of aromatic nitrogens is 1. The molecule has 5 aromatic rings. The van der Waals surface area contributed by atoms with E-state index in [0.29, 0.717) is 57.2 Å². The second kappa shape index (κ2) is 13.6. The lowest BCUT2D eigenvalue weighted by Crippen LogP contribution is -2.20. The van der Waals surface area contributed by atoms with Gasteiger partial charge >= 0.3 is 12.1 Å². The maximum absolute atomic E-state index is 13.2. The van der Waals surface area contributed by atoms with Gasteiger partial charge in [-0.05, 0) is 49.2 Å². The van der Waals surface area contributed by atoms with Crippen LogP contribution in [0.5, 0.6) is 34.5 Å². The average Bonchev–Trinajstić information content (AvgIpc) is 3.45. The standard InChI is InChI=1S/C34H37N5O8/c1-17-11-24(39-34(41)37-21-15-27(44-5)32(47-8)28(16-21)45-6)18(2)29-22-12-19(9-10-23(22)38-30(17)29)35-33(40)36-20-13-25(42-3)31(46-7)26(14-20)43-4/h9-16,38H,1-8H3,(H2,35,36,40)(H2,37,39,41). The number of methoxy groups -OCH3 is 6. The Morgan fingerprint density at radius 2 is 1.04 bits per heavy atom. The van der Waals surface area contributed by atoms with E-state index < -0.39 is 12.1 Å². The molecule has 13 heteroatoms. The number of ether oxygens (including phenoxy) is 6. The van der Waals surface area contributed by atoms with Gasteiger partial charge in [-0.25, -0.2) is 9.59 Å². The molecular weight excluding hydrogens is 606 g/mol. The number of aromatic amines is 1. The van der Waals surface area contributed by atoms with Gasteiger partial charge in [0.1, 0.15) is 0 Å². The number of hydrogen-bond donors (Lipinski definition) is 5. The number of hydrogen-bond acceptors (Lipinski definition) is 8. The molecule has 0 radical (unpaired) electrons. The molecule has 0 aliphatic rings. The Kier molecular flexibility index (Phi) is 9.36. The molecule has 0 fully saturated rings. The van der Waals surface area contributed by atoms with Gasteiger partial charge < -0.3 is 54.7 Å². The Labute approximate surface area is 271 Å². The van der Waals surface area contributed by atoms with Gasteiger partial charge in [-0.15, -0.1) is 0 Å². The van der Waals surface area contributed by atoms with E-state index in [1.54, 1.807) is 30.3 Å². The van der Waals surface area contributed by atoms with Gasteiger partial charge in [0, 0.05) is 57.4 Å². The summed E-state index contributed by atoms with van der Waals surface area (Å²) in [5.41, 5.74) is 5.68. The van der Waals surface area contributed by atoms with Gasteiger partial charge in [-0.2, -0.15) is 0 Å². The van der Waals surface area contributed by atoms with Crippen LogP contribution >= 0.6 is 0 Å². The van der Waals surface area contributed by atoms with Gasteiger partial charge in [0.2, 0.25) is 11.5 Å². The van der Waals surface area contributed by atoms with Crippen molar-refractivity contribution in [2.75, 3.05) is 63.9 Å². The zero-order chi connectivity index (χ0) is 33.8. The largest absolute Gasteiger partial charge is 0.493 e. The Balaban J connectivity index is 1.40. The number of benzene rings is 4. The van der Waals surface area contributed by atoms with Gasteiger partial charge in [0.25, 0.3) is 0 Å². The highest BCUT2D eigenvalue weighted by molar-refractivity contribution is 6.14. The predicted octanol–water partition coefficient (Wildman–Crippen LogP) is 7.28. The molecule has 5 N–H and O–H groups in total. The number of carbonyl (C=O) groups is 2. The lowest BCUT2D eigenvalue weighted by Gasteiger charge is -2.16. The lowest BCUT2D eigenvalue weighted by atomic mass is 10.0. The van der Waals surface area contributed by atoms with E-state index in [1.165, 1.54) is 42.7 Å². The quantitative estimate of drug-likeness (QED) is 0.106. The van der Waals surface area contributed by atoms with Crippen LogP contribution in [0.3, 0.4) is 0 Å². The average molecular weight is 644 g/mol. The summed E-state index contributed by atoms with van der Waals surface area (Å²) in [5.74, 6) is 2.49. The third kappa shape index (κ3) is 6.41. The zero-order valence-electron chi connectivity index (χ0n) is 27.4. The van der Waals surface area contributed by atoms with Crippen LogP contribution in [0.4, 0.5) is 32.3 Å². The molecule has 0 bridgehead atoms. The van der Waals surface area contributed by atoms with Crippen LogP contribution in [-0.4, -0.2) is 59.7 Å². The van der Waals surface area contributed by atoms with Crippen molar-refractivity contribution < 1.29 is 38.0 Å². The first kappa shape index (κ1) is 32.4. The van der Waals surface area contributed by atoms with E-state index in [4.69, 9.17) is 28.4 Å². The summed E-state index contributed by atoms with van der Waals surface area (Å²) in [7, 11) is 9.04. The molecule has 0 spiro atoms. The Morgan fingerprint density at radius 1 is 0.574 bits per heavy atom. The third-order valence-electron chi connectivity index (χ3n) is 7.68. The number of aryl methyl sites for hydroxylation is 2. The SMILES string of the molecule is COc1cc(NC(=O)Nc2ccc3[nH]c4c(C)cc(NC(=O)Nc5cc(OC)c(OC)c(OC)c5)c(C)c4c3c2)cc(OC)c1OC. The molecule has 4 amide bonds. The molecule has 0 atom stereocenters. The van der Waals surface area contributed by atoms with E-state index in [9.17, 15) is 9.59 Å². The van der Waals surface area contributed by atoms with E-state index >= 15 is 0 Å². The molecule has 246 valence electrons. The number of fused-ring (bicyclic) bond motifs is 3. The maximum atomic E-state index is 13.2. The minimum Gasteiger partial charge on any atom is -0.493 e. The van der Waals surface area contributed by atoms with Crippen LogP contribution < -0.4 is 49.7 Å². The fraction of sp³-hybridized carbons (Fsp3) is 0.235. The summed E-state index contributed by atoms with van der Waals surface area (Å²) < 4.78 is 32.3. The first-order chi connectivity index (χ1) is 22.6. The van der Waals surface area contributed by atoms with Crippen molar-refractivity contribution in [2.45, 2.75) is 13.8 Å². The first-order valence-electron chi connectivity index (χ1n) is 14.5. The number of rotatable bonds is 10. The monoisotopic (exact) mass is 643 g/mol. The van der Waals surface area contributed by atoms with E-state index in [2.05, 4.69) is 26.3 Å². The Hall–Kier alpha value is -5.98. The molecule has 5 rings (SSSR count). The first-order valence-corrected chi connectivity index (χ1v) is 14.5. The normalized spacial score (nSPS) is 10.7. The van der Waals surface area contributed by atoms with E-state index in [-0.39, 0.29) is 0 Å². The smallest absolute Gasteiger partial charge is 0.323 e. The summed E-state index contributed by atoms with van der Waals surface area (Å²) in [6.45, 7) is 3.89. The number of H-pyrrole nitrogens is 1. The summed E-state index contributed by atoms with van der Waals surface area (Å²) >= 11 is 0. The van der Waals surface area contributed by atoms with Crippen molar-refractivity contribution >= 4 is 56.6 Å². The van der Waals surface area contributed by atoms with Gasteiger partial charge in [-0.1, -0.05) is 0 Å². The summed E-state index contributed by atoms with van der Waals surface area (Å²) in [5, 5.41) is 13.3. The maximum Gasteiger partial charge on any atom is 0.323 e. The van der Waals surface area contributed by atoms with Crippen molar-refractivity contribution in [3.05, 3.63) is 59.7 Å². The summed E-state index contributed by atoms with van der Waals surface area (Å²) in [4.78, 5) is 29.6. The van der Waals surface area contributed by atoms with Crippen molar-refractivity contribution in [3.63, 3.8) is 0 Å². The topological polar surface area (TPSA) is 153 Å². The number of nitrogens with one attached hydrogen (secondary N) is 5. The molecule has 0 saturated heterocycles. The molecule has 4 aromatic carbocycles. The van der Waals surface area contributed by atoms with Gasteiger partial charge in [-0.3, -0.25) is 0 Å². The molecule has 0 unspecified atom stereocenters. The molecule has 1 heterocycles. The Bertz CT molecular complexity index is 1940. The highest BCUT2D eigenvalue weighted by Gasteiger charge is 2.19. The molecule has 47 heavy (non-hydrogen) atoms. The van der Waals surface area contributed by atoms with Crippen molar-refractivity contribution in [3.8, 4) is 34.5 Å². The van der Waals surface area contributed by atoms with Gasteiger partial charge in [0.05, 0.1) is 54.0 Å². The second-order valence-corrected chi connectivity index (χ2v) is 10.5. The number of carbonyl (C=O) groups excluding carboxylic acids is 2. The van der Waals surface area contributed by atoms with Crippen LogP contribution in [0.2, 0.25) is 0 Å². The van der Waals surface area contributed by atoms with Crippen molar-refractivity contribution in [2.24, 2.45) is 0 Å². The van der Waals surface area contributed by atoms with Crippen molar-refractivity contribution in [1.82, 2.24) is 4.98 Å². The number of anilines is 4. The highest BCUT2D eigenvalue weighted by atomic mass is 16.5. The number of amides is 4. The van der Waals surface area contributed by atoms with Crippen LogP contribution in [0, 0.1) is 13.8 Å². The second-order valence-electron chi connectivity index (χ2n) is 10.5. The van der Waals surface area contributed by atoms with E-state index in [1.807, 2.05) is 32.0 Å². The summed E-state index contributed by atoms with van der Waals surface area (Å²) in [6.07, 6.45) is 0. The minimum absolute atomic E-state index is 0.412. The molecule has 0 aliphatic carbocycles. The molecule has 0 aliphatic heterocycles. The Morgan fingerprint density at radius 3 is 1.51 bits per heavy atom. The predicted molar refractivity (Wildman–Crippen MR) is 183 cm³/mol. The zero-order valence-corrected chi connectivity index (χ0v) is 27.4. The minimum atomic E-state index is -0.461. The van der Waals surface area contributed by atoms with Crippen LogP contribution in [0.25, 0.3) is 21.8 Å². The molecular formula is C34H37N5O8. The highest BCUT2D eigenvalue weighted by Crippen LogP contribution is 2.41. The molecule has 1 aromatic heterocycles. The van der Waals surface area contributed by atoms with E-state index in [0.717, 1.165) is 32.9 Å². The van der Waals surface area contributed by atoms with Crippen LogP contribution in [0.15, 0.2) is 48.5 Å². The fourth-order valence-electron chi connectivity index (χ4n) is 5.50. The number of urea groups is 2. The fourth-order valence-corrected chi connectivity index (χ4v) is 5.50.